The van der Waals surface area contributed by atoms with Crippen molar-refractivity contribution in [3.8, 4) is 0 Å². The number of carbonyl (C=O) groups excluding carboxylic acids is 1. The summed E-state index contributed by atoms with van der Waals surface area (Å²) in [5.74, 6) is -0.219. The highest BCUT2D eigenvalue weighted by molar-refractivity contribution is 14.1. The van der Waals surface area contributed by atoms with Crippen LogP contribution in [0.1, 0.15) is 12.0 Å². The normalized spacial score (nSPS) is 9.83. The number of carbonyl (C=O) groups is 1. The van der Waals surface area contributed by atoms with E-state index in [9.17, 15) is 9.18 Å². The van der Waals surface area contributed by atoms with E-state index in [-0.39, 0.29) is 5.82 Å². The van der Waals surface area contributed by atoms with Gasteiger partial charge < -0.3 is 4.79 Å². The van der Waals surface area contributed by atoms with Gasteiger partial charge in [0, 0.05) is 15.6 Å². The van der Waals surface area contributed by atoms with E-state index in [0.29, 0.717) is 18.4 Å². The van der Waals surface area contributed by atoms with Crippen molar-refractivity contribution in [3.63, 3.8) is 0 Å². The average molecular weight is 278 g/mol. The van der Waals surface area contributed by atoms with Crippen LogP contribution in [0.5, 0.6) is 0 Å². The first kappa shape index (κ1) is 9.64. The molecule has 0 radical (unpaired) electrons. The minimum Gasteiger partial charge on any atom is -0.303 e. The van der Waals surface area contributed by atoms with Gasteiger partial charge in [-0.25, -0.2) is 4.39 Å². The zero-order valence-corrected chi connectivity index (χ0v) is 8.55. The van der Waals surface area contributed by atoms with Crippen molar-refractivity contribution >= 4 is 28.9 Å². The van der Waals surface area contributed by atoms with E-state index in [1.165, 1.54) is 6.07 Å². The number of halogens is 2. The summed E-state index contributed by atoms with van der Waals surface area (Å²) in [4.78, 5) is 10.1. The summed E-state index contributed by atoms with van der Waals surface area (Å²) in [7, 11) is 0. The Morgan fingerprint density at radius 2 is 2.25 bits per heavy atom. The smallest absolute Gasteiger partial charge is 0.127 e. The lowest BCUT2D eigenvalue weighted by atomic mass is 10.1. The Bertz CT molecular complexity index is 266. The first-order chi connectivity index (χ1) is 5.75. The van der Waals surface area contributed by atoms with Crippen LogP contribution in [0.15, 0.2) is 18.2 Å². The third-order valence-corrected chi connectivity index (χ3v) is 2.58. The molecule has 0 aliphatic heterocycles. The van der Waals surface area contributed by atoms with E-state index in [4.69, 9.17) is 0 Å². The second kappa shape index (κ2) is 4.54. The van der Waals surface area contributed by atoms with Crippen LogP contribution in [0, 0.1) is 9.39 Å². The molecule has 0 fully saturated rings. The molecule has 0 aliphatic carbocycles. The Hall–Kier alpha value is -0.450. The van der Waals surface area contributed by atoms with Crippen LogP contribution in [0.25, 0.3) is 0 Å². The molecule has 3 heteroatoms. The van der Waals surface area contributed by atoms with Crippen molar-refractivity contribution in [1.29, 1.82) is 0 Å². The maximum absolute atomic E-state index is 13.1. The van der Waals surface area contributed by atoms with E-state index < -0.39 is 0 Å². The van der Waals surface area contributed by atoms with Gasteiger partial charge in [-0.15, -0.1) is 0 Å². The summed E-state index contributed by atoms with van der Waals surface area (Å²) < 4.78 is 13.9. The van der Waals surface area contributed by atoms with Gasteiger partial charge in [0.25, 0.3) is 0 Å². The molecule has 1 aromatic rings. The molecule has 0 saturated heterocycles. The molecule has 1 nitrogen and oxygen atoms in total. The summed E-state index contributed by atoms with van der Waals surface area (Å²) in [6, 6.07) is 4.92. The average Bonchev–Trinajstić information content (AvgIpc) is 2.04. The van der Waals surface area contributed by atoms with Crippen LogP contribution in [0.4, 0.5) is 4.39 Å². The van der Waals surface area contributed by atoms with Crippen LogP contribution >= 0.6 is 22.6 Å². The van der Waals surface area contributed by atoms with Crippen LogP contribution in [0.3, 0.4) is 0 Å². The Morgan fingerprint density at radius 3 is 2.83 bits per heavy atom. The van der Waals surface area contributed by atoms with Gasteiger partial charge in [-0.2, -0.15) is 0 Å². The predicted molar refractivity (Wildman–Crippen MR) is 53.5 cm³/mol. The Balaban J connectivity index is 2.88. The summed E-state index contributed by atoms with van der Waals surface area (Å²) in [5.41, 5.74) is 0.644. The fourth-order valence-electron chi connectivity index (χ4n) is 0.974. The van der Waals surface area contributed by atoms with Crippen LogP contribution in [0.2, 0.25) is 0 Å². The first-order valence-corrected chi connectivity index (χ1v) is 4.70. The number of hydrogen-bond acceptors (Lipinski definition) is 1. The quantitative estimate of drug-likeness (QED) is 0.613. The third-order valence-electron chi connectivity index (χ3n) is 1.57. The molecule has 0 spiro atoms. The molecule has 0 saturated carbocycles. The van der Waals surface area contributed by atoms with Crippen molar-refractivity contribution in [2.24, 2.45) is 0 Å². The molecule has 0 aromatic heterocycles. The van der Waals surface area contributed by atoms with Crippen molar-refractivity contribution in [2.75, 3.05) is 0 Å². The lowest BCUT2D eigenvalue weighted by Crippen LogP contribution is -1.94. The van der Waals surface area contributed by atoms with Crippen LogP contribution < -0.4 is 0 Å². The molecule has 12 heavy (non-hydrogen) atoms. The molecule has 0 aliphatic rings. The lowest BCUT2D eigenvalue weighted by Gasteiger charge is -2.02. The molecule has 0 N–H and O–H groups in total. The molecule has 0 unspecified atom stereocenters. The second-order valence-corrected chi connectivity index (χ2v) is 3.57. The topological polar surface area (TPSA) is 17.1 Å². The number of benzene rings is 1. The highest BCUT2D eigenvalue weighted by atomic mass is 127. The van der Waals surface area contributed by atoms with Gasteiger partial charge in [0.15, 0.2) is 0 Å². The van der Waals surface area contributed by atoms with E-state index in [1.54, 1.807) is 6.07 Å². The highest BCUT2D eigenvalue weighted by Gasteiger charge is 2.04. The zero-order chi connectivity index (χ0) is 8.97. The third kappa shape index (κ3) is 2.27. The highest BCUT2D eigenvalue weighted by Crippen LogP contribution is 2.16. The molecule has 0 heterocycles. The molecular formula is C9H8FIO. The summed E-state index contributed by atoms with van der Waals surface area (Å²) >= 11 is 2.07. The van der Waals surface area contributed by atoms with Gasteiger partial charge in [0.1, 0.15) is 12.1 Å². The van der Waals surface area contributed by atoms with Gasteiger partial charge in [-0.05, 0) is 41.1 Å². The van der Waals surface area contributed by atoms with Gasteiger partial charge in [0.2, 0.25) is 0 Å². The van der Waals surface area contributed by atoms with Gasteiger partial charge >= 0.3 is 0 Å². The fraction of sp³-hybridized carbons (Fsp3) is 0.222. The first-order valence-electron chi connectivity index (χ1n) is 3.62. The predicted octanol–water partition coefficient (Wildman–Crippen LogP) is 2.56. The Labute approximate surface area is 84.1 Å². The largest absolute Gasteiger partial charge is 0.303 e. The van der Waals surface area contributed by atoms with Gasteiger partial charge in [-0.1, -0.05) is 6.07 Å². The zero-order valence-electron chi connectivity index (χ0n) is 6.39. The molecule has 0 bridgehead atoms. The minimum absolute atomic E-state index is 0.219. The monoisotopic (exact) mass is 278 g/mol. The molecule has 0 atom stereocenters. The van der Waals surface area contributed by atoms with Crippen molar-refractivity contribution in [1.82, 2.24) is 0 Å². The molecule has 0 amide bonds. The fourth-order valence-corrected chi connectivity index (χ4v) is 1.71. The number of rotatable bonds is 3. The van der Waals surface area contributed by atoms with Crippen LogP contribution in [-0.2, 0) is 11.2 Å². The van der Waals surface area contributed by atoms with E-state index in [0.717, 1.165) is 9.86 Å². The van der Waals surface area contributed by atoms with Crippen molar-refractivity contribution in [2.45, 2.75) is 12.8 Å². The standard InChI is InChI=1S/C9H8FIO/c10-8-4-1-5-9(11)7(8)3-2-6-12/h1,4-6H,2-3H2. The van der Waals surface area contributed by atoms with E-state index in [2.05, 4.69) is 22.6 Å². The maximum atomic E-state index is 13.1. The second-order valence-electron chi connectivity index (χ2n) is 2.41. The molecular weight excluding hydrogens is 270 g/mol. The molecule has 64 valence electrons. The number of hydrogen-bond donors (Lipinski definition) is 0. The van der Waals surface area contributed by atoms with Gasteiger partial charge in [-0.3, -0.25) is 0 Å². The minimum atomic E-state index is -0.219. The molecule has 1 aromatic carbocycles. The van der Waals surface area contributed by atoms with Crippen molar-refractivity contribution in [3.05, 3.63) is 33.1 Å². The summed E-state index contributed by atoms with van der Waals surface area (Å²) in [6.45, 7) is 0. The van der Waals surface area contributed by atoms with E-state index >= 15 is 0 Å². The lowest BCUT2D eigenvalue weighted by molar-refractivity contribution is -0.107. The summed E-state index contributed by atoms with van der Waals surface area (Å²) in [6.07, 6.45) is 1.69. The van der Waals surface area contributed by atoms with Gasteiger partial charge in [0.05, 0.1) is 0 Å². The van der Waals surface area contributed by atoms with Crippen molar-refractivity contribution < 1.29 is 9.18 Å². The maximum Gasteiger partial charge on any atom is 0.127 e. The summed E-state index contributed by atoms with van der Waals surface area (Å²) in [5, 5.41) is 0. The SMILES string of the molecule is O=CCCc1c(F)cccc1I. The Kier molecular flexibility index (Phi) is 3.65. The Morgan fingerprint density at radius 1 is 1.50 bits per heavy atom. The number of aldehydes is 1. The van der Waals surface area contributed by atoms with E-state index in [1.807, 2.05) is 6.07 Å². The molecule has 1 rings (SSSR count). The van der Waals surface area contributed by atoms with Crippen LogP contribution in [-0.4, -0.2) is 6.29 Å².